The number of halogens is 1. The maximum Gasteiger partial charge on any atom is 0.123 e. The van der Waals surface area contributed by atoms with E-state index >= 15 is 0 Å². The summed E-state index contributed by atoms with van der Waals surface area (Å²) in [5.74, 6) is 0.939. The average Bonchev–Trinajstić information content (AvgIpc) is 2.41. The largest absolute Gasteiger partial charge is 0.496 e. The molecule has 2 rings (SSSR count). The van der Waals surface area contributed by atoms with Crippen LogP contribution in [0.4, 0.5) is 0 Å². The van der Waals surface area contributed by atoms with E-state index in [-0.39, 0.29) is 6.10 Å². The first-order valence-electron chi connectivity index (χ1n) is 7.34. The number of hydrogen-bond acceptors (Lipinski definition) is 3. The summed E-state index contributed by atoms with van der Waals surface area (Å²) in [4.78, 5) is 2.49. The van der Waals surface area contributed by atoms with Crippen LogP contribution in [0.2, 0.25) is 0 Å². The zero-order chi connectivity index (χ0) is 14.5. The van der Waals surface area contributed by atoms with Gasteiger partial charge < -0.3 is 9.84 Å². The Balaban J connectivity index is 2.11. The van der Waals surface area contributed by atoms with Crippen molar-refractivity contribution in [2.45, 2.75) is 51.3 Å². The maximum atomic E-state index is 9.67. The molecule has 4 heteroatoms. The Labute approximate surface area is 130 Å². The lowest BCUT2D eigenvalue weighted by Gasteiger charge is -2.36. The highest BCUT2D eigenvalue weighted by atomic mass is 79.9. The molecular formula is C16H24BrNO2. The van der Waals surface area contributed by atoms with Crippen molar-refractivity contribution < 1.29 is 9.84 Å². The molecule has 1 fully saturated rings. The number of benzene rings is 1. The van der Waals surface area contributed by atoms with Crippen LogP contribution in [-0.4, -0.2) is 35.8 Å². The van der Waals surface area contributed by atoms with E-state index in [1.807, 2.05) is 19.1 Å². The van der Waals surface area contributed by atoms with Crippen LogP contribution in [0.15, 0.2) is 22.7 Å². The predicted molar refractivity (Wildman–Crippen MR) is 85.0 cm³/mol. The van der Waals surface area contributed by atoms with Crippen LogP contribution < -0.4 is 4.74 Å². The number of hydrogen-bond donors (Lipinski definition) is 1. The summed E-state index contributed by atoms with van der Waals surface area (Å²) in [5, 5.41) is 9.67. The number of ether oxygens (including phenoxy) is 1. The number of likely N-dealkylation sites (tertiary alicyclic amines) is 1. The van der Waals surface area contributed by atoms with Crippen molar-refractivity contribution in [3.63, 3.8) is 0 Å². The van der Waals surface area contributed by atoms with E-state index in [0.717, 1.165) is 29.7 Å². The Morgan fingerprint density at radius 2 is 2.25 bits per heavy atom. The second-order valence-corrected chi connectivity index (χ2v) is 6.58. The molecule has 1 saturated heterocycles. The summed E-state index contributed by atoms with van der Waals surface area (Å²) in [6, 6.07) is 6.62. The van der Waals surface area contributed by atoms with Gasteiger partial charge in [0.1, 0.15) is 5.75 Å². The molecule has 112 valence electrons. The lowest BCUT2D eigenvalue weighted by Crippen LogP contribution is -2.40. The van der Waals surface area contributed by atoms with Crippen molar-refractivity contribution >= 4 is 15.9 Å². The SMILES string of the molecule is COc1ccc(Br)cc1CN1CCCCC1CC(C)O. The second-order valence-electron chi connectivity index (χ2n) is 5.66. The van der Waals surface area contributed by atoms with Gasteiger partial charge in [-0.25, -0.2) is 0 Å². The van der Waals surface area contributed by atoms with Gasteiger partial charge in [-0.3, -0.25) is 4.90 Å². The maximum absolute atomic E-state index is 9.67. The summed E-state index contributed by atoms with van der Waals surface area (Å²) >= 11 is 3.53. The number of aliphatic hydroxyl groups excluding tert-OH is 1. The standard InChI is InChI=1S/C16H24BrNO2/c1-12(19)9-15-5-3-4-8-18(15)11-13-10-14(17)6-7-16(13)20-2/h6-7,10,12,15,19H,3-5,8-9,11H2,1-2H3. The number of methoxy groups -OCH3 is 1. The molecule has 0 aliphatic carbocycles. The average molecular weight is 342 g/mol. The Bertz CT molecular complexity index is 436. The minimum atomic E-state index is -0.231. The van der Waals surface area contributed by atoms with Crippen molar-refractivity contribution in [3.05, 3.63) is 28.2 Å². The summed E-state index contributed by atoms with van der Waals surface area (Å²) < 4.78 is 6.54. The molecule has 0 saturated carbocycles. The van der Waals surface area contributed by atoms with Crippen molar-refractivity contribution in [1.29, 1.82) is 0 Å². The van der Waals surface area contributed by atoms with E-state index < -0.39 is 0 Å². The molecule has 20 heavy (non-hydrogen) atoms. The highest BCUT2D eigenvalue weighted by Gasteiger charge is 2.24. The monoisotopic (exact) mass is 341 g/mol. The number of piperidine rings is 1. The molecule has 1 aromatic carbocycles. The molecular weight excluding hydrogens is 318 g/mol. The quantitative estimate of drug-likeness (QED) is 0.888. The summed E-state index contributed by atoms with van der Waals surface area (Å²) in [6.07, 6.45) is 4.32. The summed E-state index contributed by atoms with van der Waals surface area (Å²) in [7, 11) is 1.72. The van der Waals surface area contributed by atoms with E-state index in [2.05, 4.69) is 26.9 Å². The fraction of sp³-hybridized carbons (Fsp3) is 0.625. The summed E-state index contributed by atoms with van der Waals surface area (Å²) in [6.45, 7) is 3.87. The van der Waals surface area contributed by atoms with Crippen molar-refractivity contribution in [1.82, 2.24) is 4.90 Å². The van der Waals surface area contributed by atoms with Crippen LogP contribution in [0, 0.1) is 0 Å². The van der Waals surface area contributed by atoms with Crippen LogP contribution in [0.3, 0.4) is 0 Å². The Morgan fingerprint density at radius 1 is 1.45 bits per heavy atom. The molecule has 0 radical (unpaired) electrons. The normalized spacial score (nSPS) is 21.7. The Hall–Kier alpha value is -0.580. The molecule has 1 aliphatic rings. The molecule has 1 aliphatic heterocycles. The first-order valence-corrected chi connectivity index (χ1v) is 8.14. The lowest BCUT2D eigenvalue weighted by molar-refractivity contribution is 0.0812. The topological polar surface area (TPSA) is 32.7 Å². The molecule has 1 heterocycles. The van der Waals surface area contributed by atoms with Gasteiger partial charge in [0.05, 0.1) is 13.2 Å². The molecule has 0 spiro atoms. The van der Waals surface area contributed by atoms with Gasteiger partial charge in [-0.05, 0) is 50.9 Å². The smallest absolute Gasteiger partial charge is 0.123 e. The van der Waals surface area contributed by atoms with E-state index in [9.17, 15) is 5.11 Å². The number of rotatable bonds is 5. The van der Waals surface area contributed by atoms with Crippen LogP contribution in [0.5, 0.6) is 5.75 Å². The zero-order valence-electron chi connectivity index (χ0n) is 12.3. The number of aliphatic hydroxyl groups is 1. The summed E-state index contributed by atoms with van der Waals surface area (Å²) in [5.41, 5.74) is 1.21. The molecule has 0 aromatic heterocycles. The molecule has 1 N–H and O–H groups in total. The van der Waals surface area contributed by atoms with Gasteiger partial charge in [-0.1, -0.05) is 22.4 Å². The predicted octanol–water partition coefficient (Wildman–Crippen LogP) is 3.58. The fourth-order valence-corrected chi connectivity index (χ4v) is 3.43. The van der Waals surface area contributed by atoms with Crippen molar-refractivity contribution in [2.75, 3.05) is 13.7 Å². The third-order valence-corrected chi connectivity index (χ3v) is 4.47. The highest BCUT2D eigenvalue weighted by Crippen LogP contribution is 2.28. The van der Waals surface area contributed by atoms with Gasteiger partial charge in [-0.15, -0.1) is 0 Å². The van der Waals surface area contributed by atoms with Gasteiger partial charge in [0.15, 0.2) is 0 Å². The van der Waals surface area contributed by atoms with E-state index in [4.69, 9.17) is 4.74 Å². The zero-order valence-corrected chi connectivity index (χ0v) is 13.9. The fourth-order valence-electron chi connectivity index (χ4n) is 3.02. The molecule has 3 nitrogen and oxygen atoms in total. The highest BCUT2D eigenvalue weighted by molar-refractivity contribution is 9.10. The molecule has 2 unspecified atom stereocenters. The lowest BCUT2D eigenvalue weighted by atomic mass is 9.96. The van der Waals surface area contributed by atoms with Gasteiger partial charge in [0.2, 0.25) is 0 Å². The molecule has 0 amide bonds. The third kappa shape index (κ3) is 4.21. The van der Waals surface area contributed by atoms with Crippen LogP contribution >= 0.6 is 15.9 Å². The molecule has 2 atom stereocenters. The molecule has 0 bridgehead atoms. The first-order chi connectivity index (χ1) is 9.60. The second kappa shape index (κ2) is 7.43. The first kappa shape index (κ1) is 15.8. The van der Waals surface area contributed by atoms with Crippen molar-refractivity contribution in [2.24, 2.45) is 0 Å². The van der Waals surface area contributed by atoms with Crippen LogP contribution in [-0.2, 0) is 6.54 Å². The van der Waals surface area contributed by atoms with E-state index in [1.165, 1.54) is 24.8 Å². The minimum absolute atomic E-state index is 0.231. The van der Waals surface area contributed by atoms with E-state index in [0.29, 0.717) is 6.04 Å². The van der Waals surface area contributed by atoms with Crippen molar-refractivity contribution in [3.8, 4) is 5.75 Å². The Morgan fingerprint density at radius 3 is 2.95 bits per heavy atom. The van der Waals surface area contributed by atoms with Crippen LogP contribution in [0.1, 0.15) is 38.2 Å². The van der Waals surface area contributed by atoms with Gasteiger partial charge in [-0.2, -0.15) is 0 Å². The van der Waals surface area contributed by atoms with Crippen LogP contribution in [0.25, 0.3) is 0 Å². The Kier molecular flexibility index (Phi) is 5.87. The van der Waals surface area contributed by atoms with Gasteiger partial charge in [0, 0.05) is 22.6 Å². The van der Waals surface area contributed by atoms with E-state index in [1.54, 1.807) is 7.11 Å². The van der Waals surface area contributed by atoms with Gasteiger partial charge >= 0.3 is 0 Å². The minimum Gasteiger partial charge on any atom is -0.496 e. The number of nitrogens with zero attached hydrogens (tertiary/aromatic N) is 1. The molecule has 1 aromatic rings. The van der Waals surface area contributed by atoms with Gasteiger partial charge in [0.25, 0.3) is 0 Å². The third-order valence-electron chi connectivity index (χ3n) is 3.98.